The number of hydrogen-bond acceptors (Lipinski definition) is 2. The fraction of sp³-hybridized carbons (Fsp3) is 0.500. The molecular weight excluding hydrogens is 208 g/mol. The van der Waals surface area contributed by atoms with Gasteiger partial charge in [-0.25, -0.2) is 0 Å². The highest BCUT2D eigenvalue weighted by atomic mass is 35.5. The van der Waals surface area contributed by atoms with Gasteiger partial charge in [0.15, 0.2) is 0 Å². The Labute approximate surface area is 94.8 Å². The Hall–Kier alpha value is -0.570. The van der Waals surface area contributed by atoms with Crippen LogP contribution in [0.5, 0.6) is 0 Å². The standard InChI is InChI=1S/C12H15ClN2/c1-8-2-3-9(10(13)4-8)11-5-12(6-11,7-11)15-14/h2-4,15H,5-7,14H2,1H3. The molecule has 3 fully saturated rings. The zero-order valence-electron chi connectivity index (χ0n) is 8.81. The fourth-order valence-corrected chi connectivity index (χ4v) is 3.71. The van der Waals surface area contributed by atoms with Crippen LogP contribution in [0.2, 0.25) is 5.02 Å². The van der Waals surface area contributed by atoms with Crippen LogP contribution >= 0.6 is 11.6 Å². The minimum absolute atomic E-state index is 0.230. The second-order valence-electron chi connectivity index (χ2n) is 5.22. The van der Waals surface area contributed by atoms with Crippen LogP contribution in [0.4, 0.5) is 0 Å². The highest BCUT2D eigenvalue weighted by Crippen LogP contribution is 2.68. The molecule has 15 heavy (non-hydrogen) atoms. The van der Waals surface area contributed by atoms with Crippen LogP contribution in [0.1, 0.15) is 30.4 Å². The van der Waals surface area contributed by atoms with Crippen molar-refractivity contribution in [3.63, 3.8) is 0 Å². The lowest BCUT2D eigenvalue weighted by Crippen LogP contribution is -2.77. The molecule has 0 aromatic heterocycles. The lowest BCUT2D eigenvalue weighted by molar-refractivity contribution is -0.0881. The van der Waals surface area contributed by atoms with Crippen molar-refractivity contribution >= 4 is 11.6 Å². The Bertz CT molecular complexity index is 408. The van der Waals surface area contributed by atoms with Gasteiger partial charge in [-0.2, -0.15) is 0 Å². The lowest BCUT2D eigenvalue weighted by Gasteiger charge is -2.70. The summed E-state index contributed by atoms with van der Waals surface area (Å²) in [6.07, 6.45) is 3.41. The zero-order chi connectivity index (χ0) is 10.7. The summed E-state index contributed by atoms with van der Waals surface area (Å²) in [5.41, 5.74) is 6.02. The number of rotatable bonds is 2. The molecule has 3 aliphatic rings. The molecule has 80 valence electrons. The van der Waals surface area contributed by atoms with E-state index >= 15 is 0 Å². The van der Waals surface area contributed by atoms with Gasteiger partial charge in [-0.3, -0.25) is 11.3 Å². The molecule has 3 N–H and O–H groups in total. The Morgan fingerprint density at radius 3 is 2.53 bits per heavy atom. The second kappa shape index (κ2) is 2.76. The van der Waals surface area contributed by atoms with Gasteiger partial charge in [0.1, 0.15) is 0 Å². The first-order valence-corrected chi connectivity index (χ1v) is 5.71. The van der Waals surface area contributed by atoms with E-state index in [1.165, 1.54) is 11.1 Å². The van der Waals surface area contributed by atoms with E-state index in [9.17, 15) is 0 Å². The van der Waals surface area contributed by atoms with Gasteiger partial charge >= 0.3 is 0 Å². The van der Waals surface area contributed by atoms with Crippen LogP contribution < -0.4 is 11.3 Å². The average molecular weight is 223 g/mol. The molecule has 4 rings (SSSR count). The summed E-state index contributed by atoms with van der Waals surface area (Å²) < 4.78 is 0. The van der Waals surface area contributed by atoms with E-state index in [-0.39, 0.29) is 5.54 Å². The summed E-state index contributed by atoms with van der Waals surface area (Å²) in [4.78, 5) is 0. The molecule has 0 radical (unpaired) electrons. The number of hydrogen-bond donors (Lipinski definition) is 2. The molecule has 0 amide bonds. The predicted molar refractivity (Wildman–Crippen MR) is 61.8 cm³/mol. The van der Waals surface area contributed by atoms with Gasteiger partial charge < -0.3 is 0 Å². The predicted octanol–water partition coefficient (Wildman–Crippen LogP) is 2.29. The van der Waals surface area contributed by atoms with Gasteiger partial charge in [0, 0.05) is 16.0 Å². The Kier molecular flexibility index (Phi) is 1.77. The molecule has 0 unspecified atom stereocenters. The van der Waals surface area contributed by atoms with Crippen LogP contribution in [0, 0.1) is 6.92 Å². The van der Waals surface area contributed by atoms with Crippen LogP contribution in [-0.2, 0) is 5.41 Å². The van der Waals surface area contributed by atoms with Crippen molar-refractivity contribution in [3.05, 3.63) is 34.3 Å². The van der Waals surface area contributed by atoms with Gasteiger partial charge in [0.05, 0.1) is 0 Å². The number of aryl methyl sites for hydroxylation is 1. The van der Waals surface area contributed by atoms with Gasteiger partial charge in [-0.15, -0.1) is 0 Å². The van der Waals surface area contributed by atoms with Crippen LogP contribution in [0.25, 0.3) is 0 Å². The average Bonchev–Trinajstić information content (AvgIpc) is 2.04. The van der Waals surface area contributed by atoms with Crippen LogP contribution in [-0.4, -0.2) is 5.54 Å². The first-order valence-electron chi connectivity index (χ1n) is 5.34. The third kappa shape index (κ3) is 1.13. The van der Waals surface area contributed by atoms with E-state index in [0.29, 0.717) is 5.41 Å². The largest absolute Gasteiger partial charge is 0.271 e. The quantitative estimate of drug-likeness (QED) is 0.595. The summed E-state index contributed by atoms with van der Waals surface area (Å²) in [5, 5.41) is 0.917. The monoisotopic (exact) mass is 222 g/mol. The molecule has 1 aromatic rings. The zero-order valence-corrected chi connectivity index (χ0v) is 9.56. The number of nitrogens with one attached hydrogen (secondary N) is 1. The molecule has 3 aliphatic carbocycles. The van der Waals surface area contributed by atoms with Crippen molar-refractivity contribution in [2.24, 2.45) is 5.84 Å². The molecule has 0 heterocycles. The maximum Gasteiger partial charge on any atom is 0.0446 e. The number of halogens is 1. The minimum Gasteiger partial charge on any atom is -0.271 e. The third-order valence-electron chi connectivity index (χ3n) is 4.03. The molecule has 0 atom stereocenters. The van der Waals surface area contributed by atoms with Gasteiger partial charge in [0.25, 0.3) is 0 Å². The summed E-state index contributed by atoms with van der Waals surface area (Å²) in [5.74, 6) is 5.52. The van der Waals surface area contributed by atoms with Crippen molar-refractivity contribution in [3.8, 4) is 0 Å². The van der Waals surface area contributed by atoms with Crippen molar-refractivity contribution in [1.29, 1.82) is 0 Å². The van der Waals surface area contributed by atoms with Gasteiger partial charge in [-0.1, -0.05) is 23.7 Å². The summed E-state index contributed by atoms with van der Waals surface area (Å²) >= 11 is 6.29. The third-order valence-corrected chi connectivity index (χ3v) is 4.35. The van der Waals surface area contributed by atoms with E-state index < -0.39 is 0 Å². The first kappa shape index (κ1) is 9.64. The Balaban J connectivity index is 1.91. The van der Waals surface area contributed by atoms with E-state index in [1.54, 1.807) is 0 Å². The maximum absolute atomic E-state index is 6.29. The molecule has 2 bridgehead atoms. The molecule has 1 aromatic carbocycles. The van der Waals surface area contributed by atoms with Gasteiger partial charge in [0.2, 0.25) is 0 Å². The number of nitrogens with two attached hydrogens (primary N) is 1. The molecule has 0 aliphatic heterocycles. The van der Waals surface area contributed by atoms with E-state index in [4.69, 9.17) is 17.4 Å². The Morgan fingerprint density at radius 2 is 2.00 bits per heavy atom. The van der Waals surface area contributed by atoms with Crippen molar-refractivity contribution in [2.75, 3.05) is 0 Å². The molecular formula is C12H15ClN2. The summed E-state index contributed by atoms with van der Waals surface area (Å²) in [7, 11) is 0. The first-order chi connectivity index (χ1) is 7.09. The lowest BCUT2D eigenvalue weighted by atomic mass is 9.37. The second-order valence-corrected chi connectivity index (χ2v) is 5.63. The number of hydrazine groups is 1. The fourth-order valence-electron chi connectivity index (χ4n) is 3.28. The van der Waals surface area contributed by atoms with Crippen LogP contribution in [0.15, 0.2) is 18.2 Å². The summed E-state index contributed by atoms with van der Waals surface area (Å²) in [6.45, 7) is 2.07. The van der Waals surface area contributed by atoms with E-state index in [2.05, 4.69) is 30.5 Å². The molecule has 0 saturated heterocycles. The van der Waals surface area contributed by atoms with Crippen LogP contribution in [0.3, 0.4) is 0 Å². The minimum atomic E-state index is 0.230. The van der Waals surface area contributed by atoms with Crippen molar-refractivity contribution in [1.82, 2.24) is 5.43 Å². The van der Waals surface area contributed by atoms with Gasteiger partial charge in [-0.05, 0) is 43.4 Å². The molecule has 0 spiro atoms. The molecule has 3 saturated carbocycles. The normalized spacial score (nSPS) is 37.0. The van der Waals surface area contributed by atoms with E-state index in [1.807, 2.05) is 0 Å². The molecule has 2 nitrogen and oxygen atoms in total. The summed E-state index contributed by atoms with van der Waals surface area (Å²) in [6, 6.07) is 6.38. The van der Waals surface area contributed by atoms with E-state index in [0.717, 1.165) is 24.3 Å². The van der Waals surface area contributed by atoms with Crippen molar-refractivity contribution in [2.45, 2.75) is 37.1 Å². The SMILES string of the molecule is Cc1ccc(C23CC(NN)(C2)C3)c(Cl)c1. The van der Waals surface area contributed by atoms with Crippen molar-refractivity contribution < 1.29 is 0 Å². The Morgan fingerprint density at radius 1 is 1.33 bits per heavy atom. The highest BCUT2D eigenvalue weighted by Gasteiger charge is 2.68. The number of benzene rings is 1. The topological polar surface area (TPSA) is 38.0 Å². The smallest absolute Gasteiger partial charge is 0.0446 e. The molecule has 3 heteroatoms. The maximum atomic E-state index is 6.29. The highest BCUT2D eigenvalue weighted by molar-refractivity contribution is 6.31.